The smallest absolute Gasteiger partial charge is 0.395 e. The van der Waals surface area contributed by atoms with Gasteiger partial charge < -0.3 is 9.47 Å². The third-order valence-electron chi connectivity index (χ3n) is 4.00. The molecule has 0 amide bonds. The molecule has 0 N–H and O–H groups in total. The summed E-state index contributed by atoms with van der Waals surface area (Å²) < 4.78 is 34.0. The fourth-order valence-corrected chi connectivity index (χ4v) is 3.83. The second-order valence-electron chi connectivity index (χ2n) is 6.21. The predicted molar refractivity (Wildman–Crippen MR) is 118 cm³/mol. The van der Waals surface area contributed by atoms with Crippen molar-refractivity contribution >= 4 is 16.0 Å². The molecule has 0 spiro atoms. The van der Waals surface area contributed by atoms with Gasteiger partial charge in [0.15, 0.2) is 0 Å². The highest BCUT2D eigenvalue weighted by Gasteiger charge is 2.15. The van der Waals surface area contributed by atoms with Crippen molar-refractivity contribution in [3.8, 4) is 11.5 Å². The lowest BCUT2D eigenvalue weighted by molar-refractivity contribution is 0.152. The lowest BCUT2D eigenvalue weighted by Crippen LogP contribution is -2.13. The Kier molecular flexibility index (Phi) is 7.56. The van der Waals surface area contributed by atoms with Crippen LogP contribution in [0, 0.1) is 0 Å². The molecule has 0 aliphatic heterocycles. The first-order chi connectivity index (χ1) is 15.1. The van der Waals surface area contributed by atoms with E-state index >= 15 is 0 Å². The maximum absolute atomic E-state index is 12.0. The molecule has 0 radical (unpaired) electrons. The number of sulfone groups is 1. The molecular formula is C25H20O5S. The molecule has 0 fully saturated rings. The highest BCUT2D eigenvalue weighted by Crippen LogP contribution is 2.19. The fraction of sp³-hybridized carbons (Fsp3) is 0. The second kappa shape index (κ2) is 10.8. The van der Waals surface area contributed by atoms with Crippen molar-refractivity contribution in [3.05, 3.63) is 121 Å². The predicted octanol–water partition coefficient (Wildman–Crippen LogP) is 5.78. The van der Waals surface area contributed by atoms with Crippen molar-refractivity contribution in [2.24, 2.45) is 0 Å². The van der Waals surface area contributed by atoms with E-state index in [1.165, 1.54) is 0 Å². The van der Waals surface area contributed by atoms with Gasteiger partial charge in [-0.3, -0.25) is 0 Å². The topological polar surface area (TPSA) is 69.7 Å². The van der Waals surface area contributed by atoms with Gasteiger partial charge in [-0.1, -0.05) is 72.8 Å². The molecular weight excluding hydrogens is 412 g/mol. The van der Waals surface area contributed by atoms with E-state index in [1.54, 1.807) is 109 Å². The second-order valence-corrected chi connectivity index (χ2v) is 8.16. The van der Waals surface area contributed by atoms with Crippen LogP contribution in [0.5, 0.6) is 11.5 Å². The average molecular weight is 432 g/mol. The van der Waals surface area contributed by atoms with Crippen molar-refractivity contribution in [3.63, 3.8) is 0 Å². The van der Waals surface area contributed by atoms with Crippen LogP contribution in [0.15, 0.2) is 131 Å². The number of hydrogen-bond donors (Lipinski definition) is 0. The van der Waals surface area contributed by atoms with Crippen LogP contribution < -0.4 is 9.47 Å². The number of hydrogen-bond acceptors (Lipinski definition) is 5. The minimum Gasteiger partial charge on any atom is -0.395 e. The Morgan fingerprint density at radius 1 is 0.484 bits per heavy atom. The fourth-order valence-electron chi connectivity index (χ4n) is 2.53. The molecule has 0 atom stereocenters. The number of carbonyl (C=O) groups is 1. The van der Waals surface area contributed by atoms with Crippen LogP contribution in [-0.4, -0.2) is 14.6 Å². The summed E-state index contributed by atoms with van der Waals surface area (Å²) in [5, 5.41) is 0. The molecule has 6 heteroatoms. The van der Waals surface area contributed by atoms with Gasteiger partial charge in [0, 0.05) is 0 Å². The molecule has 0 aromatic heterocycles. The summed E-state index contributed by atoms with van der Waals surface area (Å²) in [4.78, 5) is 12.0. The maximum atomic E-state index is 12.0. The molecule has 0 aliphatic rings. The van der Waals surface area contributed by atoms with Gasteiger partial charge in [-0.2, -0.15) is 0 Å². The zero-order valence-corrected chi connectivity index (χ0v) is 17.3. The van der Waals surface area contributed by atoms with Crippen molar-refractivity contribution < 1.29 is 22.7 Å². The maximum Gasteiger partial charge on any atom is 0.519 e. The van der Waals surface area contributed by atoms with Crippen molar-refractivity contribution in [2.75, 3.05) is 0 Å². The largest absolute Gasteiger partial charge is 0.519 e. The third-order valence-corrected chi connectivity index (χ3v) is 5.78. The summed E-state index contributed by atoms with van der Waals surface area (Å²) in [6.45, 7) is 0. The molecule has 4 rings (SSSR count). The first kappa shape index (κ1) is 21.8. The van der Waals surface area contributed by atoms with Gasteiger partial charge in [-0.25, -0.2) is 13.2 Å². The first-order valence-corrected chi connectivity index (χ1v) is 10.9. The van der Waals surface area contributed by atoms with E-state index in [2.05, 4.69) is 0 Å². The molecule has 0 bridgehead atoms. The monoisotopic (exact) mass is 432 g/mol. The van der Waals surface area contributed by atoms with Crippen molar-refractivity contribution in [1.82, 2.24) is 0 Å². The van der Waals surface area contributed by atoms with Gasteiger partial charge in [0.1, 0.15) is 11.5 Å². The van der Waals surface area contributed by atoms with Gasteiger partial charge >= 0.3 is 6.16 Å². The van der Waals surface area contributed by atoms with E-state index in [4.69, 9.17) is 9.47 Å². The van der Waals surface area contributed by atoms with E-state index in [1.807, 2.05) is 12.1 Å². The number of rotatable bonds is 4. The molecule has 5 nitrogen and oxygen atoms in total. The number of ether oxygens (including phenoxy) is 2. The minimum atomic E-state index is -3.34. The number of benzene rings is 4. The SMILES string of the molecule is O=C(Oc1ccccc1)Oc1ccccc1.O=S(=O)(c1ccccc1)c1ccccc1. The minimum absolute atomic E-state index is 0.330. The van der Waals surface area contributed by atoms with Gasteiger partial charge in [-0.05, 0) is 48.5 Å². The average Bonchev–Trinajstić information content (AvgIpc) is 2.82. The zero-order chi connectivity index (χ0) is 21.9. The van der Waals surface area contributed by atoms with E-state index in [0.717, 1.165) is 0 Å². The zero-order valence-electron chi connectivity index (χ0n) is 16.5. The van der Waals surface area contributed by atoms with E-state index < -0.39 is 16.0 Å². The molecule has 31 heavy (non-hydrogen) atoms. The molecule has 4 aromatic carbocycles. The van der Waals surface area contributed by atoms with Gasteiger partial charge in [0.25, 0.3) is 0 Å². The van der Waals surface area contributed by atoms with Crippen molar-refractivity contribution in [1.29, 1.82) is 0 Å². The van der Waals surface area contributed by atoms with E-state index in [0.29, 0.717) is 21.3 Å². The van der Waals surface area contributed by atoms with Gasteiger partial charge in [-0.15, -0.1) is 0 Å². The van der Waals surface area contributed by atoms with Crippen LogP contribution in [0.2, 0.25) is 0 Å². The molecule has 156 valence electrons. The van der Waals surface area contributed by atoms with E-state index in [-0.39, 0.29) is 0 Å². The quantitative estimate of drug-likeness (QED) is 0.302. The van der Waals surface area contributed by atoms with Crippen molar-refractivity contribution in [2.45, 2.75) is 9.79 Å². The lowest BCUT2D eigenvalue weighted by Gasteiger charge is -2.04. The molecule has 0 saturated carbocycles. The van der Waals surface area contributed by atoms with Crippen LogP contribution in [0.25, 0.3) is 0 Å². The Hall–Kier alpha value is -3.90. The van der Waals surface area contributed by atoms with Crippen LogP contribution in [0.4, 0.5) is 4.79 Å². The first-order valence-electron chi connectivity index (χ1n) is 9.40. The summed E-state index contributed by atoms with van der Waals surface area (Å²) in [5.74, 6) is 0.923. The number of para-hydroxylation sites is 2. The number of carbonyl (C=O) groups excluding carboxylic acids is 1. The van der Waals surface area contributed by atoms with Gasteiger partial charge in [0.2, 0.25) is 9.84 Å². The highest BCUT2D eigenvalue weighted by atomic mass is 32.2. The van der Waals surface area contributed by atoms with E-state index in [9.17, 15) is 13.2 Å². The normalized spacial score (nSPS) is 10.3. The Bertz CT molecular complexity index is 1090. The third kappa shape index (κ3) is 6.55. The lowest BCUT2D eigenvalue weighted by atomic mass is 10.3. The highest BCUT2D eigenvalue weighted by molar-refractivity contribution is 7.91. The van der Waals surface area contributed by atoms with Crippen LogP contribution in [0.3, 0.4) is 0 Å². The molecule has 0 saturated heterocycles. The van der Waals surface area contributed by atoms with Crippen LogP contribution in [0.1, 0.15) is 0 Å². The molecule has 0 unspecified atom stereocenters. The summed E-state index contributed by atoms with van der Waals surface area (Å²) in [6.07, 6.45) is -0.739. The Balaban J connectivity index is 0.000000176. The summed E-state index contributed by atoms with van der Waals surface area (Å²) >= 11 is 0. The Morgan fingerprint density at radius 2 is 0.774 bits per heavy atom. The molecule has 0 heterocycles. The molecule has 0 aliphatic carbocycles. The summed E-state index contributed by atoms with van der Waals surface area (Å²) in [7, 11) is -3.34. The Labute approximate surface area is 181 Å². The van der Waals surface area contributed by atoms with Gasteiger partial charge in [0.05, 0.1) is 9.79 Å². The standard InChI is InChI=1S/C13H10O3.C12H10O2S/c14-13(15-11-7-3-1-4-8-11)16-12-9-5-2-6-10-12;13-15(14,11-7-3-1-4-8-11)12-9-5-2-6-10-12/h1-10H;1-10H. The summed E-state index contributed by atoms with van der Waals surface area (Å²) in [5.41, 5.74) is 0. The van der Waals surface area contributed by atoms with Crippen LogP contribution >= 0.6 is 0 Å². The molecule has 4 aromatic rings. The summed E-state index contributed by atoms with van der Waals surface area (Å²) in [6, 6.07) is 34.4. The Morgan fingerprint density at radius 3 is 1.10 bits per heavy atom. The van der Waals surface area contributed by atoms with Crippen LogP contribution in [-0.2, 0) is 9.84 Å².